The fourth-order valence-electron chi connectivity index (χ4n) is 2.27. The second-order valence-corrected chi connectivity index (χ2v) is 5.15. The van der Waals surface area contributed by atoms with Crippen LogP contribution in [0.25, 0.3) is 0 Å². The van der Waals surface area contributed by atoms with Crippen molar-refractivity contribution in [3.05, 3.63) is 35.9 Å². The fraction of sp³-hybridized carbons (Fsp3) is 0.533. The van der Waals surface area contributed by atoms with E-state index in [-0.39, 0.29) is 17.4 Å². The molecule has 2 N–H and O–H groups in total. The number of likely N-dealkylation sites (N-methyl/N-ethyl adjacent to an activating group) is 1. The lowest BCUT2D eigenvalue weighted by atomic mass is 9.76. The summed E-state index contributed by atoms with van der Waals surface area (Å²) in [6.07, 6.45) is 0.914. The molecular weight excluding hydrogens is 224 g/mol. The van der Waals surface area contributed by atoms with Gasteiger partial charge in [-0.1, -0.05) is 51.1 Å². The maximum Gasteiger partial charge on any atom is 0.234 e. The van der Waals surface area contributed by atoms with E-state index in [0.717, 1.165) is 6.42 Å². The summed E-state index contributed by atoms with van der Waals surface area (Å²) in [5.74, 6) is 0.0494. The summed E-state index contributed by atoms with van der Waals surface area (Å²) in [7, 11) is 1.78. The lowest BCUT2D eigenvalue weighted by Crippen LogP contribution is -2.49. The standard InChI is InChI=1S/C15H24N2O/c1-5-13(17-14(18)11-16-4)15(2,3)12-9-7-6-8-10-12/h6-10,13,16H,5,11H2,1-4H3,(H,17,18). The van der Waals surface area contributed by atoms with Gasteiger partial charge >= 0.3 is 0 Å². The number of rotatable bonds is 6. The minimum absolute atomic E-state index is 0.0494. The quantitative estimate of drug-likeness (QED) is 0.809. The number of hydrogen-bond donors (Lipinski definition) is 2. The van der Waals surface area contributed by atoms with Crippen LogP contribution in [0.15, 0.2) is 30.3 Å². The van der Waals surface area contributed by atoms with Gasteiger partial charge in [-0.25, -0.2) is 0 Å². The van der Waals surface area contributed by atoms with Crippen molar-refractivity contribution in [3.63, 3.8) is 0 Å². The van der Waals surface area contributed by atoms with Gasteiger partial charge in [0.1, 0.15) is 0 Å². The van der Waals surface area contributed by atoms with Gasteiger partial charge < -0.3 is 10.6 Å². The zero-order valence-electron chi connectivity index (χ0n) is 11.8. The van der Waals surface area contributed by atoms with Gasteiger partial charge in [0.05, 0.1) is 6.54 Å². The number of nitrogens with one attached hydrogen (secondary N) is 2. The second kappa shape index (κ2) is 6.55. The number of carbonyl (C=O) groups is 1. The van der Waals surface area contributed by atoms with Crippen LogP contribution in [0.3, 0.4) is 0 Å². The van der Waals surface area contributed by atoms with E-state index in [9.17, 15) is 4.79 Å². The highest BCUT2D eigenvalue weighted by atomic mass is 16.1. The molecule has 1 aromatic carbocycles. The summed E-state index contributed by atoms with van der Waals surface area (Å²) in [6, 6.07) is 10.5. The van der Waals surface area contributed by atoms with Crippen molar-refractivity contribution < 1.29 is 4.79 Å². The average molecular weight is 248 g/mol. The largest absolute Gasteiger partial charge is 0.351 e. The molecule has 0 aliphatic rings. The van der Waals surface area contributed by atoms with E-state index < -0.39 is 0 Å². The summed E-state index contributed by atoms with van der Waals surface area (Å²) < 4.78 is 0. The Kier molecular flexibility index (Phi) is 5.35. The van der Waals surface area contributed by atoms with Crippen LogP contribution < -0.4 is 10.6 Å². The molecule has 100 valence electrons. The van der Waals surface area contributed by atoms with E-state index >= 15 is 0 Å². The highest BCUT2D eigenvalue weighted by molar-refractivity contribution is 5.78. The van der Waals surface area contributed by atoms with E-state index in [2.05, 4.69) is 43.5 Å². The molecule has 0 saturated heterocycles. The number of benzene rings is 1. The van der Waals surface area contributed by atoms with Gasteiger partial charge in [-0.05, 0) is 19.0 Å². The third kappa shape index (κ3) is 3.57. The molecule has 18 heavy (non-hydrogen) atoms. The Bertz CT molecular complexity index is 373. The second-order valence-electron chi connectivity index (χ2n) is 5.15. The Labute approximate surface area is 110 Å². The van der Waals surface area contributed by atoms with E-state index in [0.29, 0.717) is 6.54 Å². The highest BCUT2D eigenvalue weighted by Crippen LogP contribution is 2.28. The van der Waals surface area contributed by atoms with Crippen LogP contribution in [0.2, 0.25) is 0 Å². The summed E-state index contributed by atoms with van der Waals surface area (Å²) in [6.45, 7) is 6.82. The number of carbonyl (C=O) groups excluding carboxylic acids is 1. The molecule has 1 aromatic rings. The molecule has 0 spiro atoms. The third-order valence-corrected chi connectivity index (χ3v) is 3.47. The van der Waals surface area contributed by atoms with Gasteiger partial charge in [-0.2, -0.15) is 0 Å². The van der Waals surface area contributed by atoms with Crippen molar-refractivity contribution in [2.24, 2.45) is 0 Å². The van der Waals surface area contributed by atoms with Crippen molar-refractivity contribution in [1.29, 1.82) is 0 Å². The number of amides is 1. The van der Waals surface area contributed by atoms with Crippen LogP contribution in [0.5, 0.6) is 0 Å². The van der Waals surface area contributed by atoms with Crippen LogP contribution in [0.1, 0.15) is 32.8 Å². The van der Waals surface area contributed by atoms with Gasteiger partial charge in [0, 0.05) is 11.5 Å². The topological polar surface area (TPSA) is 41.1 Å². The first-order chi connectivity index (χ1) is 8.52. The zero-order valence-corrected chi connectivity index (χ0v) is 11.8. The maximum absolute atomic E-state index is 11.7. The van der Waals surface area contributed by atoms with Crippen molar-refractivity contribution in [3.8, 4) is 0 Å². The molecule has 0 radical (unpaired) electrons. The first-order valence-corrected chi connectivity index (χ1v) is 6.51. The van der Waals surface area contributed by atoms with Gasteiger partial charge in [-0.15, -0.1) is 0 Å². The predicted octanol–water partition coefficient (Wildman–Crippen LogP) is 2.08. The van der Waals surface area contributed by atoms with E-state index in [1.54, 1.807) is 7.05 Å². The van der Waals surface area contributed by atoms with E-state index in [1.807, 2.05) is 18.2 Å². The molecule has 1 unspecified atom stereocenters. The minimum atomic E-state index is -0.0700. The molecule has 3 nitrogen and oxygen atoms in total. The molecule has 1 amide bonds. The summed E-state index contributed by atoms with van der Waals surface area (Å²) >= 11 is 0. The van der Waals surface area contributed by atoms with Crippen LogP contribution in [0.4, 0.5) is 0 Å². The lowest BCUT2D eigenvalue weighted by molar-refractivity contribution is -0.121. The molecule has 0 aliphatic heterocycles. The van der Waals surface area contributed by atoms with Crippen molar-refractivity contribution in [2.75, 3.05) is 13.6 Å². The first kappa shape index (κ1) is 14.7. The highest BCUT2D eigenvalue weighted by Gasteiger charge is 2.30. The molecule has 0 bridgehead atoms. The maximum atomic E-state index is 11.7. The third-order valence-electron chi connectivity index (χ3n) is 3.47. The summed E-state index contributed by atoms with van der Waals surface area (Å²) in [5.41, 5.74) is 1.18. The number of hydrogen-bond acceptors (Lipinski definition) is 2. The van der Waals surface area contributed by atoms with E-state index in [4.69, 9.17) is 0 Å². The molecule has 0 aliphatic carbocycles. The molecule has 0 fully saturated rings. The van der Waals surface area contributed by atoms with Crippen molar-refractivity contribution >= 4 is 5.91 Å². The summed E-state index contributed by atoms with van der Waals surface area (Å²) in [5, 5.41) is 5.98. The van der Waals surface area contributed by atoms with Crippen LogP contribution >= 0.6 is 0 Å². The molecule has 0 aromatic heterocycles. The minimum Gasteiger partial charge on any atom is -0.351 e. The molecule has 1 atom stereocenters. The van der Waals surface area contributed by atoms with Crippen LogP contribution in [-0.4, -0.2) is 25.5 Å². The monoisotopic (exact) mass is 248 g/mol. The van der Waals surface area contributed by atoms with Crippen LogP contribution in [0, 0.1) is 0 Å². The van der Waals surface area contributed by atoms with Gasteiger partial charge in [0.2, 0.25) is 5.91 Å². The fourth-order valence-corrected chi connectivity index (χ4v) is 2.27. The Morgan fingerprint density at radius 3 is 2.39 bits per heavy atom. The average Bonchev–Trinajstić information content (AvgIpc) is 2.37. The van der Waals surface area contributed by atoms with Crippen LogP contribution in [-0.2, 0) is 10.2 Å². The lowest BCUT2D eigenvalue weighted by Gasteiger charge is -2.35. The molecule has 0 heterocycles. The van der Waals surface area contributed by atoms with Crippen molar-refractivity contribution in [2.45, 2.75) is 38.6 Å². The van der Waals surface area contributed by atoms with Gasteiger partial charge in [0.25, 0.3) is 0 Å². The predicted molar refractivity (Wildman–Crippen MR) is 75.6 cm³/mol. The van der Waals surface area contributed by atoms with Gasteiger partial charge in [0.15, 0.2) is 0 Å². The SMILES string of the molecule is CCC(NC(=O)CNC)C(C)(C)c1ccccc1. The molecule has 0 saturated carbocycles. The summed E-state index contributed by atoms with van der Waals surface area (Å²) in [4.78, 5) is 11.7. The smallest absolute Gasteiger partial charge is 0.234 e. The molecular formula is C15H24N2O. The Balaban J connectivity index is 2.83. The Morgan fingerprint density at radius 2 is 1.89 bits per heavy atom. The zero-order chi connectivity index (χ0) is 13.6. The van der Waals surface area contributed by atoms with Crippen molar-refractivity contribution in [1.82, 2.24) is 10.6 Å². The Hall–Kier alpha value is -1.35. The normalized spacial score (nSPS) is 13.1. The van der Waals surface area contributed by atoms with Gasteiger partial charge in [-0.3, -0.25) is 4.79 Å². The molecule has 1 rings (SSSR count). The first-order valence-electron chi connectivity index (χ1n) is 6.51. The Morgan fingerprint density at radius 1 is 1.28 bits per heavy atom. The van der Waals surface area contributed by atoms with E-state index in [1.165, 1.54) is 5.56 Å². The molecule has 3 heteroatoms.